The van der Waals surface area contributed by atoms with Crippen LogP contribution in [-0.4, -0.2) is 29.8 Å². The van der Waals surface area contributed by atoms with Gasteiger partial charge in [-0.3, -0.25) is 0 Å². The summed E-state index contributed by atoms with van der Waals surface area (Å²) in [7, 11) is 1.72. The van der Waals surface area contributed by atoms with Gasteiger partial charge in [0.1, 0.15) is 5.82 Å². The third-order valence-corrected chi connectivity index (χ3v) is 3.90. The van der Waals surface area contributed by atoms with Gasteiger partial charge >= 0.3 is 0 Å². The first-order chi connectivity index (χ1) is 9.70. The number of hydrogen-bond acceptors (Lipinski definition) is 3. The lowest BCUT2D eigenvalue weighted by molar-refractivity contribution is 0.199. The topological polar surface area (TPSA) is 39.1 Å². The summed E-state index contributed by atoms with van der Waals surface area (Å²) in [5, 5.41) is 3.36. The van der Waals surface area contributed by atoms with Gasteiger partial charge in [0.25, 0.3) is 0 Å². The van der Waals surface area contributed by atoms with Crippen LogP contribution in [0.3, 0.4) is 0 Å². The van der Waals surface area contributed by atoms with E-state index in [4.69, 9.17) is 4.74 Å². The van der Waals surface area contributed by atoms with E-state index in [0.29, 0.717) is 0 Å². The second kappa shape index (κ2) is 7.75. The van der Waals surface area contributed by atoms with E-state index in [9.17, 15) is 0 Å². The van der Waals surface area contributed by atoms with Crippen molar-refractivity contribution in [1.82, 2.24) is 14.9 Å². The minimum atomic E-state index is 0.726. The van der Waals surface area contributed by atoms with Gasteiger partial charge < -0.3 is 14.6 Å². The normalized spacial score (nSPS) is 10.9. The highest BCUT2D eigenvalue weighted by Gasteiger charge is 2.07. The Bertz CT molecular complexity index is 537. The molecule has 0 amide bonds. The van der Waals surface area contributed by atoms with E-state index in [1.165, 1.54) is 14.8 Å². The van der Waals surface area contributed by atoms with E-state index in [1.807, 2.05) is 13.1 Å². The summed E-state index contributed by atoms with van der Waals surface area (Å²) in [6, 6.07) is 8.62. The fraction of sp³-hybridized carbons (Fsp3) is 0.400. The number of imidazole rings is 1. The molecule has 108 valence electrons. The van der Waals surface area contributed by atoms with Crippen molar-refractivity contribution in [1.29, 1.82) is 0 Å². The van der Waals surface area contributed by atoms with Crippen molar-refractivity contribution in [3.8, 4) is 0 Å². The molecule has 1 heterocycles. The molecule has 0 spiro atoms. The van der Waals surface area contributed by atoms with Gasteiger partial charge in [-0.05, 0) is 47.2 Å². The smallest absolute Gasteiger partial charge is 0.106 e. The molecule has 0 aliphatic carbocycles. The largest absolute Gasteiger partial charge is 0.383 e. The van der Waals surface area contributed by atoms with Gasteiger partial charge in [0.05, 0.1) is 12.3 Å². The fourth-order valence-corrected chi connectivity index (χ4v) is 2.39. The average molecular weight is 385 g/mol. The summed E-state index contributed by atoms with van der Waals surface area (Å²) in [5.74, 6) is 1.05. The molecule has 0 saturated heterocycles. The number of benzene rings is 1. The molecule has 0 aliphatic heterocycles. The zero-order chi connectivity index (χ0) is 14.4. The Balaban J connectivity index is 2.03. The second-order valence-corrected chi connectivity index (χ2v) is 5.92. The number of hydrogen-bond donors (Lipinski definition) is 1. The second-order valence-electron chi connectivity index (χ2n) is 4.68. The fourth-order valence-electron chi connectivity index (χ4n) is 2.04. The number of rotatable bonds is 7. The van der Waals surface area contributed by atoms with Crippen LogP contribution >= 0.6 is 22.6 Å². The molecule has 0 fully saturated rings. The van der Waals surface area contributed by atoms with Gasteiger partial charge in [-0.2, -0.15) is 0 Å². The monoisotopic (exact) mass is 385 g/mol. The van der Waals surface area contributed by atoms with Gasteiger partial charge in [-0.1, -0.05) is 12.1 Å². The molecule has 20 heavy (non-hydrogen) atoms. The maximum atomic E-state index is 5.04. The highest BCUT2D eigenvalue weighted by molar-refractivity contribution is 14.1. The van der Waals surface area contributed by atoms with Gasteiger partial charge in [-0.25, -0.2) is 4.98 Å². The average Bonchev–Trinajstić information content (AvgIpc) is 2.79. The van der Waals surface area contributed by atoms with Gasteiger partial charge in [0.15, 0.2) is 0 Å². The van der Waals surface area contributed by atoms with Crippen LogP contribution in [0.1, 0.15) is 17.1 Å². The molecule has 2 rings (SSSR count). The molecule has 0 aliphatic rings. The number of aryl methyl sites for hydroxylation is 1. The Kier molecular flexibility index (Phi) is 6.00. The Hall–Kier alpha value is -0.920. The quantitative estimate of drug-likeness (QED) is 0.588. The zero-order valence-electron chi connectivity index (χ0n) is 11.9. The molecule has 4 nitrogen and oxygen atoms in total. The minimum Gasteiger partial charge on any atom is -0.383 e. The SMILES string of the molecule is COCCNCc1cnc(C)n1Cc1ccc(I)cc1. The van der Waals surface area contributed by atoms with Crippen molar-refractivity contribution in [2.45, 2.75) is 20.0 Å². The van der Waals surface area contributed by atoms with Crippen LogP contribution in [0.5, 0.6) is 0 Å². The number of halogens is 1. The molecular formula is C15H20IN3O. The third kappa shape index (κ3) is 4.29. The van der Waals surface area contributed by atoms with Crippen molar-refractivity contribution in [2.75, 3.05) is 20.3 Å². The number of methoxy groups -OCH3 is 1. The summed E-state index contributed by atoms with van der Waals surface area (Å²) >= 11 is 2.32. The minimum absolute atomic E-state index is 0.726. The Morgan fingerprint density at radius 2 is 2.05 bits per heavy atom. The number of nitrogens with zero attached hydrogens (tertiary/aromatic N) is 2. The van der Waals surface area contributed by atoms with Crippen molar-refractivity contribution in [2.24, 2.45) is 0 Å². The van der Waals surface area contributed by atoms with Crippen molar-refractivity contribution >= 4 is 22.6 Å². The van der Waals surface area contributed by atoms with Crippen molar-refractivity contribution in [3.63, 3.8) is 0 Å². The predicted octanol–water partition coefficient (Wildman–Crippen LogP) is 2.58. The molecule has 0 radical (unpaired) electrons. The van der Waals surface area contributed by atoms with E-state index in [1.54, 1.807) is 7.11 Å². The molecule has 0 saturated carbocycles. The first-order valence-electron chi connectivity index (χ1n) is 6.66. The molecule has 5 heteroatoms. The molecule has 0 bridgehead atoms. The molecule has 0 unspecified atom stereocenters. The maximum absolute atomic E-state index is 5.04. The van der Waals surface area contributed by atoms with Gasteiger partial charge in [-0.15, -0.1) is 0 Å². The molecule has 1 aromatic carbocycles. The first kappa shape index (κ1) is 15.5. The molecule has 2 aromatic rings. The molecule has 1 aromatic heterocycles. The Morgan fingerprint density at radius 1 is 1.30 bits per heavy atom. The zero-order valence-corrected chi connectivity index (χ0v) is 14.1. The summed E-state index contributed by atoms with van der Waals surface area (Å²) in [4.78, 5) is 4.42. The van der Waals surface area contributed by atoms with Crippen LogP contribution in [0.4, 0.5) is 0 Å². The highest BCUT2D eigenvalue weighted by Crippen LogP contribution is 2.12. The molecule has 0 atom stereocenters. The number of nitrogens with one attached hydrogen (secondary N) is 1. The standard InChI is InChI=1S/C15H20IN3O/c1-12-18-10-15(9-17-7-8-20-2)19(12)11-13-3-5-14(16)6-4-13/h3-6,10,17H,7-9,11H2,1-2H3. The predicted molar refractivity (Wildman–Crippen MR) is 88.8 cm³/mol. The van der Waals surface area contributed by atoms with Crippen LogP contribution in [-0.2, 0) is 17.8 Å². The van der Waals surface area contributed by atoms with Crippen LogP contribution in [0.2, 0.25) is 0 Å². The van der Waals surface area contributed by atoms with Crippen molar-refractivity contribution in [3.05, 3.63) is 51.1 Å². The van der Waals surface area contributed by atoms with E-state index in [-0.39, 0.29) is 0 Å². The lowest BCUT2D eigenvalue weighted by Gasteiger charge is -2.11. The number of aromatic nitrogens is 2. The number of ether oxygens (including phenoxy) is 1. The molecular weight excluding hydrogens is 365 g/mol. The van der Waals surface area contributed by atoms with Crippen molar-refractivity contribution < 1.29 is 4.74 Å². The third-order valence-electron chi connectivity index (χ3n) is 3.18. The maximum Gasteiger partial charge on any atom is 0.106 e. The van der Waals surface area contributed by atoms with Crippen LogP contribution < -0.4 is 5.32 Å². The lowest BCUT2D eigenvalue weighted by atomic mass is 10.2. The Morgan fingerprint density at radius 3 is 2.75 bits per heavy atom. The van der Waals surface area contributed by atoms with Crippen LogP contribution in [0.25, 0.3) is 0 Å². The lowest BCUT2D eigenvalue weighted by Crippen LogP contribution is -2.21. The Labute approximate surface area is 133 Å². The first-order valence-corrected chi connectivity index (χ1v) is 7.73. The van der Waals surface area contributed by atoms with E-state index in [0.717, 1.165) is 32.1 Å². The highest BCUT2D eigenvalue weighted by atomic mass is 127. The van der Waals surface area contributed by atoms with Gasteiger partial charge in [0, 0.05) is 36.5 Å². The molecule has 1 N–H and O–H groups in total. The van der Waals surface area contributed by atoms with E-state index >= 15 is 0 Å². The van der Waals surface area contributed by atoms with Crippen LogP contribution in [0.15, 0.2) is 30.5 Å². The van der Waals surface area contributed by atoms with Crippen LogP contribution in [0, 0.1) is 10.5 Å². The summed E-state index contributed by atoms with van der Waals surface area (Å²) in [6.45, 7) is 5.30. The summed E-state index contributed by atoms with van der Waals surface area (Å²) in [5.41, 5.74) is 2.50. The van der Waals surface area contributed by atoms with Gasteiger partial charge in [0.2, 0.25) is 0 Å². The van der Waals surface area contributed by atoms with E-state index < -0.39 is 0 Å². The summed E-state index contributed by atoms with van der Waals surface area (Å²) < 4.78 is 8.55. The van der Waals surface area contributed by atoms with E-state index in [2.05, 4.69) is 61.7 Å². The summed E-state index contributed by atoms with van der Waals surface area (Å²) in [6.07, 6.45) is 1.95.